The van der Waals surface area contributed by atoms with E-state index in [1.807, 2.05) is 24.3 Å². The fourth-order valence-electron chi connectivity index (χ4n) is 3.57. The molecule has 0 spiro atoms. The number of benzene rings is 2. The quantitative estimate of drug-likeness (QED) is 0.532. The molecular formula is C25H36N4O4S. The van der Waals surface area contributed by atoms with Crippen molar-refractivity contribution in [3.05, 3.63) is 54.1 Å². The first-order valence-electron chi connectivity index (χ1n) is 11.0. The third kappa shape index (κ3) is 6.44. The van der Waals surface area contributed by atoms with Crippen LogP contribution in [0.5, 0.6) is 5.75 Å². The maximum absolute atomic E-state index is 13.3. The average Bonchev–Trinajstić information content (AvgIpc) is 3.15. The SMILES string of the molecule is COc1ccc(C(NC(=O)CN2CCNC2=O)C(=O)Nc2ccc(S(C)(C)(C)(C)C)cc2)cc1. The van der Waals surface area contributed by atoms with Crippen LogP contribution in [0.15, 0.2) is 53.4 Å². The second-order valence-corrected chi connectivity index (χ2v) is 22.2. The summed E-state index contributed by atoms with van der Waals surface area (Å²) >= 11 is 0. The number of rotatable bonds is 8. The Bertz CT molecular complexity index is 1080. The zero-order chi connectivity index (χ0) is 25.2. The number of nitrogens with zero attached hydrogens (tertiary/aromatic N) is 1. The molecule has 1 atom stereocenters. The Morgan fingerprint density at radius 1 is 1.03 bits per heavy atom. The predicted molar refractivity (Wildman–Crippen MR) is 139 cm³/mol. The fourth-order valence-corrected chi connectivity index (χ4v) is 5.07. The molecule has 3 N–H and O–H groups in total. The summed E-state index contributed by atoms with van der Waals surface area (Å²) in [4.78, 5) is 40.4. The van der Waals surface area contributed by atoms with Crippen LogP contribution >= 0.6 is 8.29 Å². The Kier molecular flexibility index (Phi) is 6.39. The summed E-state index contributed by atoms with van der Waals surface area (Å²) in [6.45, 7) is 0.826. The van der Waals surface area contributed by atoms with Crippen LogP contribution in [0.3, 0.4) is 0 Å². The van der Waals surface area contributed by atoms with Gasteiger partial charge in [0.25, 0.3) is 5.91 Å². The van der Waals surface area contributed by atoms with Gasteiger partial charge in [-0.3, -0.25) is 17.9 Å². The van der Waals surface area contributed by atoms with Crippen LogP contribution in [0.25, 0.3) is 0 Å². The highest BCUT2D eigenvalue weighted by atomic mass is 32.4. The molecule has 9 heteroatoms. The maximum atomic E-state index is 13.3. The highest BCUT2D eigenvalue weighted by Gasteiger charge is 2.38. The van der Waals surface area contributed by atoms with Crippen LogP contribution in [0.2, 0.25) is 0 Å². The Hall–Kier alpha value is -3.20. The lowest BCUT2D eigenvalue weighted by Gasteiger charge is -2.66. The third-order valence-corrected chi connectivity index (χ3v) is 8.23. The molecular weight excluding hydrogens is 452 g/mol. The molecule has 186 valence electrons. The lowest BCUT2D eigenvalue weighted by atomic mass is 10.1. The van der Waals surface area contributed by atoms with Crippen LogP contribution in [-0.2, 0) is 9.59 Å². The Labute approximate surface area is 200 Å². The Balaban J connectivity index is 1.80. The number of amides is 4. The second kappa shape index (κ2) is 8.54. The number of ether oxygens (including phenoxy) is 1. The molecule has 1 aliphatic heterocycles. The van der Waals surface area contributed by atoms with Crippen molar-refractivity contribution in [2.45, 2.75) is 10.9 Å². The summed E-state index contributed by atoms with van der Waals surface area (Å²) in [6.07, 6.45) is 11.4. The topological polar surface area (TPSA) is 99.8 Å². The molecule has 1 aliphatic rings. The van der Waals surface area contributed by atoms with E-state index < -0.39 is 20.2 Å². The van der Waals surface area contributed by atoms with Gasteiger partial charge in [0, 0.05) is 18.8 Å². The van der Waals surface area contributed by atoms with Gasteiger partial charge in [0.2, 0.25) is 5.91 Å². The van der Waals surface area contributed by atoms with Crippen LogP contribution in [-0.4, -0.2) is 80.8 Å². The molecule has 0 aromatic heterocycles. The van der Waals surface area contributed by atoms with E-state index in [4.69, 9.17) is 4.74 Å². The zero-order valence-electron chi connectivity index (χ0n) is 20.8. The summed E-state index contributed by atoms with van der Waals surface area (Å²) in [5.41, 5.74) is 1.25. The van der Waals surface area contributed by atoms with E-state index in [0.29, 0.717) is 30.1 Å². The molecule has 1 heterocycles. The van der Waals surface area contributed by atoms with Gasteiger partial charge >= 0.3 is 6.03 Å². The van der Waals surface area contributed by atoms with E-state index in [1.54, 1.807) is 31.4 Å². The maximum Gasteiger partial charge on any atom is 0.317 e. The van der Waals surface area contributed by atoms with Gasteiger partial charge < -0.3 is 25.6 Å². The third-order valence-electron chi connectivity index (χ3n) is 5.60. The van der Waals surface area contributed by atoms with Gasteiger partial charge in [-0.05, 0) is 78.1 Å². The van der Waals surface area contributed by atoms with Crippen LogP contribution < -0.4 is 20.7 Å². The van der Waals surface area contributed by atoms with Crippen molar-refractivity contribution in [1.82, 2.24) is 15.5 Å². The van der Waals surface area contributed by atoms with Gasteiger partial charge in [-0.15, -0.1) is 0 Å². The van der Waals surface area contributed by atoms with Crippen molar-refractivity contribution in [2.24, 2.45) is 0 Å². The highest BCUT2D eigenvalue weighted by molar-refractivity contribution is 8.62. The highest BCUT2D eigenvalue weighted by Crippen LogP contribution is 2.81. The number of hydrogen-bond acceptors (Lipinski definition) is 4. The second-order valence-electron chi connectivity index (χ2n) is 11.5. The van der Waals surface area contributed by atoms with Gasteiger partial charge in [0.15, 0.2) is 0 Å². The number of carbonyl (C=O) groups is 3. The first kappa shape index (κ1) is 25.4. The van der Waals surface area contributed by atoms with Crippen LogP contribution in [0.4, 0.5) is 10.5 Å². The molecule has 1 unspecified atom stereocenters. The molecule has 0 bridgehead atoms. The summed E-state index contributed by atoms with van der Waals surface area (Å²) in [6, 6.07) is 13.6. The molecule has 0 aliphatic carbocycles. The minimum Gasteiger partial charge on any atom is -0.497 e. The van der Waals surface area contributed by atoms with Crippen molar-refractivity contribution in [2.75, 3.05) is 63.3 Å². The molecule has 2 aromatic carbocycles. The predicted octanol–water partition coefficient (Wildman–Crippen LogP) is 2.90. The number of carbonyl (C=O) groups excluding carboxylic acids is 3. The number of hydrogen-bond donors (Lipinski definition) is 3. The fraction of sp³-hybridized carbons (Fsp3) is 0.400. The van der Waals surface area contributed by atoms with E-state index >= 15 is 0 Å². The van der Waals surface area contributed by atoms with Crippen molar-refractivity contribution in [3.8, 4) is 5.75 Å². The van der Waals surface area contributed by atoms with Crippen LogP contribution in [0, 0.1) is 0 Å². The molecule has 1 saturated heterocycles. The minimum atomic E-state index is -2.36. The van der Waals surface area contributed by atoms with Gasteiger partial charge in [-0.25, -0.2) is 4.79 Å². The lowest BCUT2D eigenvalue weighted by Crippen LogP contribution is -2.43. The molecule has 8 nitrogen and oxygen atoms in total. The van der Waals surface area contributed by atoms with Crippen molar-refractivity contribution in [1.29, 1.82) is 0 Å². The Morgan fingerprint density at radius 2 is 1.65 bits per heavy atom. The molecule has 3 rings (SSSR count). The van der Waals surface area contributed by atoms with E-state index in [9.17, 15) is 14.4 Å². The first-order chi connectivity index (χ1) is 15.7. The van der Waals surface area contributed by atoms with E-state index in [-0.39, 0.29) is 18.5 Å². The lowest BCUT2D eigenvalue weighted by molar-refractivity contribution is -0.126. The minimum absolute atomic E-state index is 0.121. The largest absolute Gasteiger partial charge is 0.497 e. The monoisotopic (exact) mass is 488 g/mol. The summed E-state index contributed by atoms with van der Waals surface area (Å²) in [7, 11) is -0.794. The van der Waals surface area contributed by atoms with Crippen molar-refractivity contribution >= 4 is 31.8 Å². The molecule has 1 fully saturated rings. The number of anilines is 1. The molecule has 4 amide bonds. The number of nitrogens with one attached hydrogen (secondary N) is 3. The summed E-state index contributed by atoms with van der Waals surface area (Å²) in [5, 5.41) is 8.36. The summed E-state index contributed by atoms with van der Waals surface area (Å²) in [5.74, 6) is -0.144. The standard InChI is InChI=1S/C25H36N4O4S/c1-33-20-11-7-18(8-12-20)23(28-22(30)17-29-16-15-26-25(29)32)24(31)27-19-9-13-21(14-10-19)34(2,3,4,5)6/h7-14,23H,15-17H2,1-6H3,(H,26,32)(H,27,31)(H,28,30). The number of methoxy groups -OCH3 is 1. The van der Waals surface area contributed by atoms with Gasteiger partial charge in [0.1, 0.15) is 18.3 Å². The van der Waals surface area contributed by atoms with Crippen molar-refractivity contribution < 1.29 is 19.1 Å². The first-order valence-corrected chi connectivity index (χ1v) is 15.5. The molecule has 2 aromatic rings. The van der Waals surface area contributed by atoms with Crippen LogP contribution in [0.1, 0.15) is 11.6 Å². The Morgan fingerprint density at radius 3 is 2.15 bits per heavy atom. The zero-order valence-corrected chi connectivity index (χ0v) is 21.6. The van der Waals surface area contributed by atoms with E-state index in [2.05, 4.69) is 47.2 Å². The molecule has 34 heavy (non-hydrogen) atoms. The smallest absolute Gasteiger partial charge is 0.317 e. The van der Waals surface area contributed by atoms with Gasteiger partial charge in [-0.1, -0.05) is 12.1 Å². The average molecular weight is 489 g/mol. The summed E-state index contributed by atoms with van der Waals surface area (Å²) < 4.78 is 5.21. The molecule has 0 radical (unpaired) electrons. The molecule has 0 saturated carbocycles. The van der Waals surface area contributed by atoms with E-state index in [0.717, 1.165) is 0 Å². The number of urea groups is 1. The van der Waals surface area contributed by atoms with Crippen molar-refractivity contribution in [3.63, 3.8) is 0 Å². The van der Waals surface area contributed by atoms with Gasteiger partial charge in [-0.2, -0.15) is 0 Å². The normalized spacial score (nSPS) is 16.6. The van der Waals surface area contributed by atoms with E-state index in [1.165, 1.54) is 9.80 Å². The van der Waals surface area contributed by atoms with Gasteiger partial charge in [0.05, 0.1) is 7.11 Å².